The van der Waals surface area contributed by atoms with Crippen molar-refractivity contribution in [2.75, 3.05) is 18.4 Å². The number of alkyl halides is 1. The van der Waals surface area contributed by atoms with E-state index >= 15 is 0 Å². The Labute approximate surface area is 183 Å². The molecular formula is C23H33BrN2O3. The van der Waals surface area contributed by atoms with Gasteiger partial charge in [0.2, 0.25) is 0 Å². The highest BCUT2D eigenvalue weighted by Crippen LogP contribution is 2.34. The molecule has 6 heteroatoms. The number of ketones is 1. The first-order chi connectivity index (χ1) is 13.7. The van der Waals surface area contributed by atoms with E-state index in [4.69, 9.17) is 4.74 Å². The van der Waals surface area contributed by atoms with Gasteiger partial charge in [-0.05, 0) is 39.7 Å². The summed E-state index contributed by atoms with van der Waals surface area (Å²) in [4.78, 5) is 29.5. The Bertz CT molecular complexity index is 702. The van der Waals surface area contributed by atoms with Crippen molar-refractivity contribution in [3.05, 3.63) is 48.6 Å². The van der Waals surface area contributed by atoms with E-state index in [0.717, 1.165) is 18.4 Å². The maximum Gasteiger partial charge on any atom is 0.410 e. The van der Waals surface area contributed by atoms with Gasteiger partial charge >= 0.3 is 6.09 Å². The minimum absolute atomic E-state index is 0.0105. The van der Waals surface area contributed by atoms with E-state index in [1.807, 2.05) is 45.0 Å². The molecule has 0 radical (unpaired) electrons. The zero-order valence-electron chi connectivity index (χ0n) is 17.9. The second kappa shape index (κ2) is 10.4. The van der Waals surface area contributed by atoms with Gasteiger partial charge in [0.1, 0.15) is 5.60 Å². The summed E-state index contributed by atoms with van der Waals surface area (Å²) < 4.78 is 5.62. The highest BCUT2D eigenvalue weighted by atomic mass is 79.9. The fourth-order valence-electron chi connectivity index (χ4n) is 4.07. The summed E-state index contributed by atoms with van der Waals surface area (Å²) in [5.41, 5.74) is 0.602. The van der Waals surface area contributed by atoms with Gasteiger partial charge in [-0.1, -0.05) is 52.3 Å². The molecule has 29 heavy (non-hydrogen) atoms. The molecule has 160 valence electrons. The van der Waals surface area contributed by atoms with Gasteiger partial charge in [0.15, 0.2) is 5.78 Å². The van der Waals surface area contributed by atoms with Crippen LogP contribution in [0.2, 0.25) is 0 Å². The number of amides is 1. The smallest absolute Gasteiger partial charge is 0.410 e. The van der Waals surface area contributed by atoms with E-state index < -0.39 is 17.7 Å². The summed E-state index contributed by atoms with van der Waals surface area (Å²) in [6.45, 7) is 13.0. The lowest BCUT2D eigenvalue weighted by molar-refractivity contribution is -0.122. The second-order valence-corrected chi connectivity index (χ2v) is 9.38. The van der Waals surface area contributed by atoms with Crippen LogP contribution in [0.5, 0.6) is 0 Å². The van der Waals surface area contributed by atoms with E-state index in [1.54, 1.807) is 11.8 Å². The molecule has 0 aromatic heterocycles. The van der Waals surface area contributed by atoms with E-state index in [9.17, 15) is 9.59 Å². The minimum Gasteiger partial charge on any atom is -0.444 e. The fraction of sp³-hybridized carbons (Fsp3) is 0.565. The van der Waals surface area contributed by atoms with Crippen LogP contribution in [0.4, 0.5) is 4.79 Å². The van der Waals surface area contributed by atoms with Gasteiger partial charge in [-0.3, -0.25) is 14.6 Å². The van der Waals surface area contributed by atoms with Gasteiger partial charge in [0.05, 0.1) is 6.04 Å². The van der Waals surface area contributed by atoms with Crippen LogP contribution < -0.4 is 0 Å². The standard InChI is InChI=1S/C23H33BrN2O3/c1-6-10-19-20(25(14-13-24)15-18-11-8-7-9-12-18)16-26(21(19)17(2)27)22(28)29-23(3,4)5/h6-9,11-12,19-21H,1,10,13-16H2,2-5H3/t19-,20+,21-/m1/s1. The zero-order valence-corrected chi connectivity index (χ0v) is 19.5. The lowest BCUT2D eigenvalue weighted by atomic mass is 9.89. The number of carbonyl (C=O) groups excluding carboxylic acids is 2. The molecule has 0 aliphatic carbocycles. The van der Waals surface area contributed by atoms with Crippen molar-refractivity contribution in [1.82, 2.24) is 9.80 Å². The SMILES string of the molecule is C=CC[C@H]1[C@@H](C(C)=O)N(C(=O)OC(C)(C)C)C[C@@H]1N(CCBr)Cc1ccccc1. The third kappa shape index (κ3) is 6.41. The number of likely N-dealkylation sites (tertiary alicyclic amines) is 1. The number of hydrogen-bond donors (Lipinski definition) is 0. The van der Waals surface area contributed by atoms with Crippen LogP contribution in [0.3, 0.4) is 0 Å². The van der Waals surface area contributed by atoms with Crippen LogP contribution in [-0.4, -0.2) is 57.8 Å². The van der Waals surface area contributed by atoms with Crippen LogP contribution in [-0.2, 0) is 16.1 Å². The first kappa shape index (κ1) is 23.6. The number of halogens is 1. The van der Waals surface area contributed by atoms with Crippen molar-refractivity contribution in [2.24, 2.45) is 5.92 Å². The molecule has 1 aliphatic rings. The number of ether oxygens (including phenoxy) is 1. The quantitative estimate of drug-likeness (QED) is 0.414. The van der Waals surface area contributed by atoms with E-state index in [0.29, 0.717) is 13.0 Å². The predicted molar refractivity (Wildman–Crippen MR) is 120 cm³/mol. The Morgan fingerprint density at radius 3 is 2.48 bits per heavy atom. The molecule has 0 spiro atoms. The van der Waals surface area contributed by atoms with Gasteiger partial charge < -0.3 is 4.74 Å². The number of carbonyl (C=O) groups is 2. The third-order valence-corrected chi connectivity index (χ3v) is 5.53. The lowest BCUT2D eigenvalue weighted by Crippen LogP contribution is -2.44. The van der Waals surface area contributed by atoms with E-state index in [1.165, 1.54) is 5.56 Å². The highest BCUT2D eigenvalue weighted by Gasteiger charge is 2.48. The Kier molecular flexibility index (Phi) is 8.46. The predicted octanol–water partition coefficient (Wildman–Crippen LogP) is 4.65. The molecule has 1 amide bonds. The zero-order chi connectivity index (χ0) is 21.6. The molecule has 0 bridgehead atoms. The monoisotopic (exact) mass is 464 g/mol. The van der Waals surface area contributed by atoms with Crippen molar-refractivity contribution in [3.8, 4) is 0 Å². The molecule has 1 heterocycles. The van der Waals surface area contributed by atoms with Crippen LogP contribution in [0, 0.1) is 5.92 Å². The summed E-state index contributed by atoms with van der Waals surface area (Å²) >= 11 is 3.56. The molecule has 1 fully saturated rings. The molecule has 1 saturated heterocycles. The van der Waals surface area contributed by atoms with Crippen molar-refractivity contribution in [1.29, 1.82) is 0 Å². The largest absolute Gasteiger partial charge is 0.444 e. The summed E-state index contributed by atoms with van der Waals surface area (Å²) in [6.07, 6.45) is 2.09. The Balaban J connectivity index is 2.34. The van der Waals surface area contributed by atoms with Crippen LogP contribution in [0.25, 0.3) is 0 Å². The van der Waals surface area contributed by atoms with Gasteiger partial charge in [-0.2, -0.15) is 0 Å². The Morgan fingerprint density at radius 2 is 1.97 bits per heavy atom. The number of allylic oxidation sites excluding steroid dienone is 1. The summed E-state index contributed by atoms with van der Waals surface area (Å²) in [6, 6.07) is 9.82. The molecule has 5 nitrogen and oxygen atoms in total. The maximum absolute atomic E-state index is 12.9. The van der Waals surface area contributed by atoms with E-state index in [-0.39, 0.29) is 17.7 Å². The average molecular weight is 465 g/mol. The molecule has 3 atom stereocenters. The van der Waals surface area contributed by atoms with Gasteiger partial charge in [-0.15, -0.1) is 6.58 Å². The Hall–Kier alpha value is -1.66. The first-order valence-electron chi connectivity index (χ1n) is 10.1. The molecule has 0 unspecified atom stereocenters. The van der Waals surface area contributed by atoms with E-state index in [2.05, 4.69) is 39.5 Å². The maximum atomic E-state index is 12.9. The van der Waals surface area contributed by atoms with Crippen LogP contribution in [0.1, 0.15) is 39.7 Å². The molecule has 1 aliphatic heterocycles. The molecule has 1 aromatic rings. The molecule has 2 rings (SSSR count). The molecule has 0 N–H and O–H groups in total. The summed E-state index contributed by atoms with van der Waals surface area (Å²) in [5, 5.41) is 0.814. The number of Topliss-reactive ketones (excluding diaryl/α,β-unsaturated/α-hetero) is 1. The highest BCUT2D eigenvalue weighted by molar-refractivity contribution is 9.09. The van der Waals surface area contributed by atoms with Gasteiger partial charge in [0, 0.05) is 36.9 Å². The topological polar surface area (TPSA) is 49.9 Å². The first-order valence-corrected chi connectivity index (χ1v) is 11.2. The summed E-state index contributed by atoms with van der Waals surface area (Å²) in [5.74, 6) is -0.0241. The van der Waals surface area contributed by atoms with Gasteiger partial charge in [-0.25, -0.2) is 4.79 Å². The normalized spacial score (nSPS) is 22.0. The summed E-state index contributed by atoms with van der Waals surface area (Å²) in [7, 11) is 0. The Morgan fingerprint density at radius 1 is 1.31 bits per heavy atom. The number of hydrogen-bond acceptors (Lipinski definition) is 4. The number of rotatable bonds is 8. The average Bonchev–Trinajstić information content (AvgIpc) is 3.01. The second-order valence-electron chi connectivity index (χ2n) is 8.59. The lowest BCUT2D eigenvalue weighted by Gasteiger charge is -2.32. The minimum atomic E-state index is -0.607. The molecule has 1 aromatic carbocycles. The van der Waals surface area contributed by atoms with Crippen molar-refractivity contribution >= 4 is 27.8 Å². The van der Waals surface area contributed by atoms with Crippen LogP contribution >= 0.6 is 15.9 Å². The van der Waals surface area contributed by atoms with Crippen molar-refractivity contribution in [3.63, 3.8) is 0 Å². The number of nitrogens with zero attached hydrogens (tertiary/aromatic N) is 2. The van der Waals surface area contributed by atoms with Crippen molar-refractivity contribution in [2.45, 2.75) is 58.3 Å². The third-order valence-electron chi connectivity index (χ3n) is 5.17. The van der Waals surface area contributed by atoms with Crippen molar-refractivity contribution < 1.29 is 14.3 Å². The number of benzene rings is 1. The van der Waals surface area contributed by atoms with Gasteiger partial charge in [0.25, 0.3) is 0 Å². The fourth-order valence-corrected chi connectivity index (χ4v) is 4.53. The molecular weight excluding hydrogens is 432 g/mol. The molecule has 0 saturated carbocycles. The van der Waals surface area contributed by atoms with Crippen LogP contribution in [0.15, 0.2) is 43.0 Å².